The van der Waals surface area contributed by atoms with Crippen LogP contribution >= 0.6 is 0 Å². The molecular weight excluding hydrogens is 350 g/mol. The lowest BCUT2D eigenvalue weighted by molar-refractivity contribution is -0.147. The Labute approximate surface area is 175 Å². The van der Waals surface area contributed by atoms with Crippen LogP contribution in [0.25, 0.3) is 0 Å². The second-order valence-electron chi connectivity index (χ2n) is 11.6. The highest BCUT2D eigenvalue weighted by Crippen LogP contribution is 2.45. The summed E-state index contributed by atoms with van der Waals surface area (Å²) in [6, 6.07) is 0. The lowest BCUT2D eigenvalue weighted by Crippen LogP contribution is -2.47. The van der Waals surface area contributed by atoms with Crippen molar-refractivity contribution in [2.75, 3.05) is 19.8 Å². The summed E-state index contributed by atoms with van der Waals surface area (Å²) in [5, 5.41) is 0. The van der Waals surface area contributed by atoms with Gasteiger partial charge >= 0.3 is 0 Å². The number of Topliss-reactive ketones (excluding diaryl/α,β-unsaturated/α-hetero) is 1. The third-order valence-corrected chi connectivity index (χ3v) is 7.11. The molecule has 168 valence electrons. The maximum Gasteiger partial charge on any atom is 0.141 e. The number of rotatable bonds is 13. The van der Waals surface area contributed by atoms with E-state index in [-0.39, 0.29) is 33.4 Å². The fourth-order valence-electron chi connectivity index (χ4n) is 3.75. The van der Waals surface area contributed by atoms with Crippen LogP contribution < -0.4 is 5.73 Å². The molecule has 0 fully saturated rings. The van der Waals surface area contributed by atoms with Crippen molar-refractivity contribution in [3.05, 3.63) is 0 Å². The molecule has 28 heavy (non-hydrogen) atoms. The molecule has 0 unspecified atom stereocenters. The predicted octanol–water partition coefficient (Wildman–Crippen LogP) is 5.62. The molecule has 0 saturated heterocycles. The monoisotopic (exact) mass is 399 g/mol. The van der Waals surface area contributed by atoms with Gasteiger partial charge in [0.25, 0.3) is 0 Å². The Kier molecular flexibility index (Phi) is 9.42. The van der Waals surface area contributed by atoms with Gasteiger partial charge in [-0.3, -0.25) is 4.79 Å². The van der Waals surface area contributed by atoms with Crippen LogP contribution in [-0.4, -0.2) is 36.7 Å². The SMILES string of the molecule is CC(C)C(=O)C(C)(C)CC(C)(C)C(C)(C)OCCC(C)(C)C(C)(C)OCCN. The van der Waals surface area contributed by atoms with E-state index in [9.17, 15) is 4.79 Å². The first-order chi connectivity index (χ1) is 12.3. The van der Waals surface area contributed by atoms with E-state index in [0.29, 0.717) is 25.5 Å². The molecule has 4 heteroatoms. The van der Waals surface area contributed by atoms with E-state index < -0.39 is 0 Å². The lowest BCUT2D eigenvalue weighted by Gasteiger charge is -2.47. The number of ether oxygens (including phenoxy) is 2. The van der Waals surface area contributed by atoms with Gasteiger partial charge in [0, 0.05) is 24.5 Å². The van der Waals surface area contributed by atoms with E-state index in [0.717, 1.165) is 12.8 Å². The van der Waals surface area contributed by atoms with Gasteiger partial charge in [-0.25, -0.2) is 0 Å². The summed E-state index contributed by atoms with van der Waals surface area (Å²) >= 11 is 0. The Morgan fingerprint density at radius 2 is 1.21 bits per heavy atom. The quantitative estimate of drug-likeness (QED) is 0.436. The molecular formula is C24H49NO3. The summed E-state index contributed by atoms with van der Waals surface area (Å²) in [6.07, 6.45) is 1.68. The van der Waals surface area contributed by atoms with Crippen LogP contribution in [0.4, 0.5) is 0 Å². The van der Waals surface area contributed by atoms with Gasteiger partial charge in [-0.1, -0.05) is 55.4 Å². The number of ketones is 1. The van der Waals surface area contributed by atoms with Crippen molar-refractivity contribution in [1.29, 1.82) is 0 Å². The summed E-state index contributed by atoms with van der Waals surface area (Å²) in [5.74, 6) is 0.364. The van der Waals surface area contributed by atoms with Crippen molar-refractivity contribution in [3.8, 4) is 0 Å². The molecule has 0 aromatic rings. The molecule has 0 aliphatic carbocycles. The Morgan fingerprint density at radius 1 is 0.786 bits per heavy atom. The van der Waals surface area contributed by atoms with Crippen molar-refractivity contribution in [2.24, 2.45) is 27.9 Å². The second-order valence-corrected chi connectivity index (χ2v) is 11.6. The van der Waals surface area contributed by atoms with Crippen LogP contribution in [0.1, 0.15) is 95.9 Å². The van der Waals surface area contributed by atoms with Crippen LogP contribution in [0.2, 0.25) is 0 Å². The fraction of sp³-hybridized carbons (Fsp3) is 0.958. The van der Waals surface area contributed by atoms with Crippen LogP contribution in [0.3, 0.4) is 0 Å². The standard InChI is InChI=1S/C24H49NO3/c1-18(2)19(26)20(3,4)17-22(7,8)24(11,12)27-15-13-21(5,6)23(9,10)28-16-14-25/h18H,13-17,25H2,1-12H3. The van der Waals surface area contributed by atoms with Gasteiger partial charge in [0.15, 0.2) is 0 Å². The highest BCUT2D eigenvalue weighted by molar-refractivity contribution is 5.85. The first kappa shape index (κ1) is 27.5. The van der Waals surface area contributed by atoms with Crippen molar-refractivity contribution in [1.82, 2.24) is 0 Å². The average Bonchev–Trinajstić information content (AvgIpc) is 2.50. The van der Waals surface area contributed by atoms with E-state index in [1.54, 1.807) is 0 Å². The highest BCUT2D eigenvalue weighted by Gasteiger charge is 2.45. The topological polar surface area (TPSA) is 61.5 Å². The molecule has 0 amide bonds. The van der Waals surface area contributed by atoms with Gasteiger partial charge in [-0.05, 0) is 51.4 Å². The van der Waals surface area contributed by atoms with Crippen LogP contribution in [0.5, 0.6) is 0 Å². The molecule has 0 aromatic heterocycles. The Balaban J connectivity index is 5.05. The molecule has 0 aliphatic rings. The molecule has 4 nitrogen and oxygen atoms in total. The minimum absolute atomic E-state index is 0.0464. The third kappa shape index (κ3) is 7.11. The molecule has 0 aromatic carbocycles. The third-order valence-electron chi connectivity index (χ3n) is 7.11. The van der Waals surface area contributed by atoms with E-state index >= 15 is 0 Å². The van der Waals surface area contributed by atoms with E-state index in [1.165, 1.54) is 0 Å². The van der Waals surface area contributed by atoms with Gasteiger partial charge in [0.1, 0.15) is 5.78 Å². The van der Waals surface area contributed by atoms with Gasteiger partial charge < -0.3 is 15.2 Å². The minimum Gasteiger partial charge on any atom is -0.375 e. The Hall–Kier alpha value is -0.450. The second kappa shape index (κ2) is 9.57. The number of carbonyl (C=O) groups is 1. The maximum absolute atomic E-state index is 12.6. The summed E-state index contributed by atoms with van der Waals surface area (Å²) in [4.78, 5) is 12.6. The lowest BCUT2D eigenvalue weighted by atomic mass is 9.64. The van der Waals surface area contributed by atoms with Gasteiger partial charge in [-0.15, -0.1) is 0 Å². The highest BCUT2D eigenvalue weighted by atomic mass is 16.5. The van der Waals surface area contributed by atoms with Crippen molar-refractivity contribution >= 4 is 5.78 Å². The van der Waals surface area contributed by atoms with Crippen molar-refractivity contribution < 1.29 is 14.3 Å². The Morgan fingerprint density at radius 3 is 1.64 bits per heavy atom. The van der Waals surface area contributed by atoms with Gasteiger partial charge in [0.05, 0.1) is 17.8 Å². The first-order valence-electron chi connectivity index (χ1n) is 10.9. The fourth-order valence-corrected chi connectivity index (χ4v) is 3.75. The molecule has 0 heterocycles. The normalized spacial score (nSPS) is 14.6. The predicted molar refractivity (Wildman–Crippen MR) is 120 cm³/mol. The smallest absolute Gasteiger partial charge is 0.141 e. The van der Waals surface area contributed by atoms with Crippen molar-refractivity contribution in [2.45, 2.75) is 107 Å². The van der Waals surface area contributed by atoms with E-state index in [4.69, 9.17) is 15.2 Å². The minimum atomic E-state index is -0.365. The zero-order valence-electron chi connectivity index (χ0n) is 20.9. The summed E-state index contributed by atoms with van der Waals surface area (Å²) in [5.41, 5.74) is 4.42. The molecule has 0 saturated carbocycles. The summed E-state index contributed by atoms with van der Waals surface area (Å²) in [7, 11) is 0. The van der Waals surface area contributed by atoms with Crippen molar-refractivity contribution in [3.63, 3.8) is 0 Å². The largest absolute Gasteiger partial charge is 0.375 e. The van der Waals surface area contributed by atoms with Gasteiger partial charge in [-0.2, -0.15) is 0 Å². The number of carbonyl (C=O) groups excluding carboxylic acids is 1. The zero-order valence-corrected chi connectivity index (χ0v) is 20.9. The molecule has 0 spiro atoms. The maximum atomic E-state index is 12.6. The van der Waals surface area contributed by atoms with E-state index in [2.05, 4.69) is 69.2 Å². The average molecular weight is 400 g/mol. The molecule has 0 radical (unpaired) electrons. The van der Waals surface area contributed by atoms with Crippen LogP contribution in [0.15, 0.2) is 0 Å². The first-order valence-corrected chi connectivity index (χ1v) is 10.9. The molecule has 0 rings (SSSR count). The molecule has 0 aliphatic heterocycles. The molecule has 2 N–H and O–H groups in total. The van der Waals surface area contributed by atoms with E-state index in [1.807, 2.05) is 13.8 Å². The number of nitrogens with two attached hydrogens (primary N) is 1. The zero-order chi connectivity index (χ0) is 22.6. The van der Waals surface area contributed by atoms with Gasteiger partial charge in [0.2, 0.25) is 0 Å². The molecule has 0 bridgehead atoms. The van der Waals surface area contributed by atoms with Crippen LogP contribution in [0, 0.1) is 22.2 Å². The molecule has 0 atom stereocenters. The number of hydrogen-bond donors (Lipinski definition) is 1. The van der Waals surface area contributed by atoms with Crippen LogP contribution in [-0.2, 0) is 14.3 Å². The number of hydrogen-bond acceptors (Lipinski definition) is 4. The Bertz CT molecular complexity index is 502. The summed E-state index contributed by atoms with van der Waals surface area (Å²) < 4.78 is 12.4. The summed E-state index contributed by atoms with van der Waals surface area (Å²) in [6.45, 7) is 27.2.